The molecule has 0 spiro atoms. The van der Waals surface area contributed by atoms with Crippen molar-refractivity contribution in [2.45, 2.75) is 0 Å². The first-order chi connectivity index (χ1) is 5.86. The van der Waals surface area contributed by atoms with Crippen LogP contribution in [0.15, 0.2) is 24.4 Å². The van der Waals surface area contributed by atoms with E-state index in [1.54, 1.807) is 6.20 Å². The van der Waals surface area contributed by atoms with E-state index in [4.69, 9.17) is 4.74 Å². The number of aromatic nitrogens is 1. The summed E-state index contributed by atoms with van der Waals surface area (Å²) in [5, 5.41) is 0.0471. The molecule has 0 atom stereocenters. The standard InChI is InChI=1S/C8H7NO2S/c10-8-4-7(11-5-12-8)6-2-1-3-9-6/h1-4,9H,5H2. The van der Waals surface area contributed by atoms with E-state index in [0.717, 1.165) is 5.69 Å². The molecule has 1 aromatic heterocycles. The first-order valence-corrected chi connectivity index (χ1v) is 4.50. The van der Waals surface area contributed by atoms with E-state index >= 15 is 0 Å². The molecule has 1 N–H and O–H groups in total. The largest absolute Gasteiger partial charge is 0.480 e. The fraction of sp³-hybridized carbons (Fsp3) is 0.125. The van der Waals surface area contributed by atoms with Crippen LogP contribution in [0, 0.1) is 0 Å². The number of carbonyl (C=O) groups excluding carboxylic acids is 1. The lowest BCUT2D eigenvalue weighted by Crippen LogP contribution is -2.03. The summed E-state index contributed by atoms with van der Waals surface area (Å²) in [7, 11) is 0. The topological polar surface area (TPSA) is 42.1 Å². The van der Waals surface area contributed by atoms with Crippen LogP contribution in [0.25, 0.3) is 5.76 Å². The predicted octanol–water partition coefficient (Wildman–Crippen LogP) is 1.60. The first kappa shape index (κ1) is 7.49. The summed E-state index contributed by atoms with van der Waals surface area (Å²) in [6.45, 7) is 0. The van der Waals surface area contributed by atoms with Gasteiger partial charge in [0.2, 0.25) is 5.12 Å². The van der Waals surface area contributed by atoms with Gasteiger partial charge in [-0.25, -0.2) is 0 Å². The van der Waals surface area contributed by atoms with Crippen molar-refractivity contribution in [3.63, 3.8) is 0 Å². The molecule has 2 heterocycles. The smallest absolute Gasteiger partial charge is 0.219 e. The highest BCUT2D eigenvalue weighted by atomic mass is 32.2. The number of rotatable bonds is 1. The van der Waals surface area contributed by atoms with Crippen molar-refractivity contribution in [1.82, 2.24) is 4.98 Å². The van der Waals surface area contributed by atoms with Gasteiger partial charge in [-0.1, -0.05) is 0 Å². The molecule has 12 heavy (non-hydrogen) atoms. The average Bonchev–Trinajstić information content (AvgIpc) is 2.56. The molecule has 0 bridgehead atoms. The number of hydrogen-bond donors (Lipinski definition) is 1. The quantitative estimate of drug-likeness (QED) is 0.715. The molecule has 0 amide bonds. The Balaban J connectivity index is 2.29. The number of ether oxygens (including phenoxy) is 1. The van der Waals surface area contributed by atoms with E-state index in [1.807, 2.05) is 12.1 Å². The highest BCUT2D eigenvalue weighted by molar-refractivity contribution is 8.14. The van der Waals surface area contributed by atoms with E-state index in [9.17, 15) is 4.79 Å². The number of aromatic amines is 1. The molecule has 0 radical (unpaired) electrons. The van der Waals surface area contributed by atoms with Crippen LogP contribution in [0.4, 0.5) is 0 Å². The minimum atomic E-state index is 0.0471. The van der Waals surface area contributed by atoms with Crippen molar-refractivity contribution in [1.29, 1.82) is 0 Å². The van der Waals surface area contributed by atoms with Crippen molar-refractivity contribution in [2.24, 2.45) is 0 Å². The van der Waals surface area contributed by atoms with E-state index in [1.165, 1.54) is 17.8 Å². The van der Waals surface area contributed by atoms with Crippen LogP contribution >= 0.6 is 11.8 Å². The average molecular weight is 181 g/mol. The third-order valence-electron chi connectivity index (χ3n) is 1.53. The van der Waals surface area contributed by atoms with Gasteiger partial charge in [0.05, 0.1) is 5.69 Å². The fourth-order valence-corrected chi connectivity index (χ4v) is 1.47. The zero-order chi connectivity index (χ0) is 8.39. The number of carbonyl (C=O) groups is 1. The Labute approximate surface area is 73.8 Å². The second kappa shape index (κ2) is 3.06. The van der Waals surface area contributed by atoms with Crippen LogP contribution in [-0.2, 0) is 9.53 Å². The molecule has 2 rings (SSSR count). The summed E-state index contributed by atoms with van der Waals surface area (Å²) < 4.78 is 5.26. The van der Waals surface area contributed by atoms with Gasteiger partial charge >= 0.3 is 0 Å². The number of thioether (sulfide) groups is 1. The molecule has 3 nitrogen and oxygen atoms in total. The number of H-pyrrole nitrogens is 1. The highest BCUT2D eigenvalue weighted by Crippen LogP contribution is 2.22. The molecule has 0 unspecified atom stereocenters. The molecule has 4 heteroatoms. The lowest BCUT2D eigenvalue weighted by molar-refractivity contribution is -0.107. The molecule has 0 saturated carbocycles. The minimum Gasteiger partial charge on any atom is -0.480 e. The summed E-state index contributed by atoms with van der Waals surface area (Å²) in [4.78, 5) is 13.9. The molecule has 62 valence electrons. The van der Waals surface area contributed by atoms with E-state index in [2.05, 4.69) is 4.98 Å². The third kappa shape index (κ3) is 1.38. The lowest BCUT2D eigenvalue weighted by Gasteiger charge is -2.11. The van der Waals surface area contributed by atoms with Crippen LogP contribution in [0.3, 0.4) is 0 Å². The van der Waals surface area contributed by atoms with Gasteiger partial charge in [0.15, 0.2) is 0 Å². The molecule has 1 aromatic rings. The van der Waals surface area contributed by atoms with Gasteiger partial charge in [0, 0.05) is 12.3 Å². The number of hydrogen-bond acceptors (Lipinski definition) is 3. The first-order valence-electron chi connectivity index (χ1n) is 3.51. The second-order valence-corrected chi connectivity index (χ2v) is 3.24. The molecule has 1 aliphatic rings. The van der Waals surface area contributed by atoms with Crippen molar-refractivity contribution in [3.8, 4) is 0 Å². The SMILES string of the molecule is O=C1C=C(c2ccc[nH]2)OCS1. The van der Waals surface area contributed by atoms with Crippen LogP contribution in [0.5, 0.6) is 0 Å². The van der Waals surface area contributed by atoms with Gasteiger partial charge in [-0.2, -0.15) is 0 Å². The summed E-state index contributed by atoms with van der Waals surface area (Å²) in [5.41, 5.74) is 0.851. The fourth-order valence-electron chi connectivity index (χ4n) is 0.981. The molecule has 0 fully saturated rings. The van der Waals surface area contributed by atoms with Crippen molar-refractivity contribution in [2.75, 3.05) is 5.94 Å². The minimum absolute atomic E-state index is 0.0471. The summed E-state index contributed by atoms with van der Waals surface area (Å²) in [5.74, 6) is 1.03. The van der Waals surface area contributed by atoms with Crippen molar-refractivity contribution >= 4 is 22.6 Å². The molecule has 0 aromatic carbocycles. The lowest BCUT2D eigenvalue weighted by atomic mass is 10.3. The van der Waals surface area contributed by atoms with Crippen molar-refractivity contribution in [3.05, 3.63) is 30.1 Å². The normalized spacial score (nSPS) is 17.0. The Morgan fingerprint density at radius 3 is 3.17 bits per heavy atom. The van der Waals surface area contributed by atoms with Gasteiger partial charge in [-0.3, -0.25) is 4.79 Å². The second-order valence-electron chi connectivity index (χ2n) is 2.32. The Bertz CT molecular complexity index is 316. The summed E-state index contributed by atoms with van der Waals surface area (Å²) in [6.07, 6.45) is 3.30. The highest BCUT2D eigenvalue weighted by Gasteiger charge is 2.13. The Kier molecular flexibility index (Phi) is 1.91. The third-order valence-corrected chi connectivity index (χ3v) is 2.17. The van der Waals surface area contributed by atoms with Crippen molar-refractivity contribution < 1.29 is 9.53 Å². The Morgan fingerprint density at radius 2 is 2.50 bits per heavy atom. The molecule has 1 aliphatic heterocycles. The van der Waals surface area contributed by atoms with Gasteiger partial charge in [-0.15, -0.1) is 0 Å². The zero-order valence-corrected chi connectivity index (χ0v) is 7.06. The summed E-state index contributed by atoms with van der Waals surface area (Å²) in [6, 6.07) is 3.74. The maximum Gasteiger partial charge on any atom is 0.219 e. The molecular weight excluding hydrogens is 174 g/mol. The van der Waals surface area contributed by atoms with Gasteiger partial charge in [0.1, 0.15) is 11.7 Å². The van der Waals surface area contributed by atoms with Crippen LogP contribution in [-0.4, -0.2) is 16.0 Å². The van der Waals surface area contributed by atoms with Gasteiger partial charge < -0.3 is 9.72 Å². The van der Waals surface area contributed by atoms with Crippen LogP contribution < -0.4 is 0 Å². The maximum atomic E-state index is 11.0. The van der Waals surface area contributed by atoms with Crippen LogP contribution in [0.1, 0.15) is 5.69 Å². The molecule has 0 saturated heterocycles. The maximum absolute atomic E-state index is 11.0. The Hall–Kier alpha value is -1.16. The zero-order valence-electron chi connectivity index (χ0n) is 6.24. The summed E-state index contributed by atoms with van der Waals surface area (Å²) >= 11 is 1.17. The molecule has 0 aliphatic carbocycles. The number of nitrogens with one attached hydrogen (secondary N) is 1. The van der Waals surface area contributed by atoms with E-state index < -0.39 is 0 Å². The van der Waals surface area contributed by atoms with Gasteiger partial charge in [0.25, 0.3) is 0 Å². The van der Waals surface area contributed by atoms with E-state index in [-0.39, 0.29) is 5.12 Å². The monoisotopic (exact) mass is 181 g/mol. The Morgan fingerprint density at radius 1 is 1.58 bits per heavy atom. The van der Waals surface area contributed by atoms with E-state index in [0.29, 0.717) is 11.7 Å². The molecular formula is C8H7NO2S. The van der Waals surface area contributed by atoms with Gasteiger partial charge in [-0.05, 0) is 23.9 Å². The van der Waals surface area contributed by atoms with Crippen LogP contribution in [0.2, 0.25) is 0 Å². The predicted molar refractivity (Wildman–Crippen MR) is 47.3 cm³/mol.